The van der Waals surface area contributed by atoms with Crippen LogP contribution in [0.15, 0.2) is 77.0 Å². The van der Waals surface area contributed by atoms with E-state index >= 15 is 0 Å². The van der Waals surface area contributed by atoms with Crippen molar-refractivity contribution in [1.29, 1.82) is 5.26 Å². The summed E-state index contributed by atoms with van der Waals surface area (Å²) in [5.74, 6) is 0. The van der Waals surface area contributed by atoms with Crippen LogP contribution in [-0.2, 0) is 0 Å². The van der Waals surface area contributed by atoms with Crippen molar-refractivity contribution in [2.75, 3.05) is 0 Å². The van der Waals surface area contributed by atoms with E-state index in [9.17, 15) is 10.1 Å². The molecule has 0 atom stereocenters. The molecule has 30 heavy (non-hydrogen) atoms. The van der Waals surface area contributed by atoms with E-state index in [1.807, 2.05) is 54.7 Å². The molecule has 4 aromatic rings. The second kappa shape index (κ2) is 7.97. The first-order chi connectivity index (χ1) is 14.6. The molecule has 0 fully saturated rings. The molecule has 0 aliphatic heterocycles. The van der Waals surface area contributed by atoms with Gasteiger partial charge in [-0.15, -0.1) is 0 Å². The Bertz CT molecular complexity index is 1330. The van der Waals surface area contributed by atoms with Crippen molar-refractivity contribution in [3.8, 4) is 23.0 Å². The number of hydrogen-bond acceptors (Lipinski definition) is 5. The Morgan fingerprint density at radius 1 is 1.13 bits per heavy atom. The summed E-state index contributed by atoms with van der Waals surface area (Å²) in [5, 5.41) is 18.4. The molecule has 0 spiro atoms. The topological polar surface area (TPSA) is 88.9 Å². The van der Waals surface area contributed by atoms with Gasteiger partial charge in [0, 0.05) is 35.4 Å². The fourth-order valence-electron chi connectivity index (χ4n) is 3.20. The standard InChI is InChI=1S/C23H18N6O/c1-16-11-17(2)29(23(30)21(16)12-24)26-14-19-15-28(20-8-4-3-5-9-20)27-22(19)18-7-6-10-25-13-18/h3-11,13-15H,1-2H3. The lowest BCUT2D eigenvalue weighted by Crippen LogP contribution is -2.22. The Morgan fingerprint density at radius 3 is 2.63 bits per heavy atom. The third-order valence-corrected chi connectivity index (χ3v) is 4.68. The van der Waals surface area contributed by atoms with E-state index < -0.39 is 5.56 Å². The van der Waals surface area contributed by atoms with Crippen LogP contribution in [0.3, 0.4) is 0 Å². The van der Waals surface area contributed by atoms with Crippen LogP contribution in [0.1, 0.15) is 22.4 Å². The molecule has 0 N–H and O–H groups in total. The Labute approximate surface area is 173 Å². The monoisotopic (exact) mass is 394 g/mol. The summed E-state index contributed by atoms with van der Waals surface area (Å²) in [4.78, 5) is 16.8. The summed E-state index contributed by atoms with van der Waals surface area (Å²) in [7, 11) is 0. The molecule has 0 aliphatic rings. The van der Waals surface area contributed by atoms with E-state index in [4.69, 9.17) is 5.10 Å². The van der Waals surface area contributed by atoms with Crippen molar-refractivity contribution < 1.29 is 0 Å². The van der Waals surface area contributed by atoms with Gasteiger partial charge in [0.05, 0.1) is 11.9 Å². The fraction of sp³-hybridized carbons (Fsp3) is 0.0870. The first-order valence-corrected chi connectivity index (χ1v) is 9.31. The van der Waals surface area contributed by atoms with Crippen molar-refractivity contribution in [2.24, 2.45) is 5.10 Å². The quantitative estimate of drug-likeness (QED) is 0.496. The normalized spacial score (nSPS) is 11.0. The van der Waals surface area contributed by atoms with Gasteiger partial charge in [0.25, 0.3) is 5.56 Å². The molecular formula is C23H18N6O. The molecule has 3 heterocycles. The Morgan fingerprint density at radius 2 is 1.93 bits per heavy atom. The summed E-state index contributed by atoms with van der Waals surface area (Å²) < 4.78 is 2.99. The second-order valence-electron chi connectivity index (χ2n) is 6.77. The molecule has 1 aromatic carbocycles. The van der Waals surface area contributed by atoms with Crippen molar-refractivity contribution in [3.63, 3.8) is 0 Å². The van der Waals surface area contributed by atoms with E-state index in [1.165, 1.54) is 4.68 Å². The minimum atomic E-state index is -0.440. The maximum Gasteiger partial charge on any atom is 0.289 e. The Hall–Kier alpha value is -4.31. The van der Waals surface area contributed by atoms with Crippen LogP contribution in [0.4, 0.5) is 0 Å². The van der Waals surface area contributed by atoms with Gasteiger partial charge in [-0.05, 0) is 49.7 Å². The van der Waals surface area contributed by atoms with E-state index in [2.05, 4.69) is 10.1 Å². The molecule has 7 nitrogen and oxygen atoms in total. The molecule has 0 saturated heterocycles. The summed E-state index contributed by atoms with van der Waals surface area (Å²) in [6.07, 6.45) is 6.86. The molecule has 0 bridgehead atoms. The van der Waals surface area contributed by atoms with Gasteiger partial charge in [0.2, 0.25) is 0 Å². The highest BCUT2D eigenvalue weighted by Gasteiger charge is 2.13. The smallest absolute Gasteiger partial charge is 0.266 e. The SMILES string of the molecule is Cc1cc(C)n(N=Cc2cn(-c3ccccc3)nc2-c2cccnc2)c(=O)c1C#N. The Kier molecular flexibility index (Phi) is 5.06. The van der Waals surface area contributed by atoms with Crippen molar-refractivity contribution in [2.45, 2.75) is 13.8 Å². The van der Waals surface area contributed by atoms with Gasteiger partial charge in [-0.2, -0.15) is 15.5 Å². The highest BCUT2D eigenvalue weighted by atomic mass is 16.1. The van der Waals surface area contributed by atoms with Crippen LogP contribution in [0.2, 0.25) is 0 Å². The predicted octanol–water partition coefficient (Wildman–Crippen LogP) is 3.47. The zero-order valence-electron chi connectivity index (χ0n) is 16.5. The molecule has 146 valence electrons. The maximum absolute atomic E-state index is 12.6. The maximum atomic E-state index is 12.6. The number of pyridine rings is 2. The number of aromatic nitrogens is 4. The van der Waals surface area contributed by atoms with E-state index in [1.54, 1.807) is 43.2 Å². The molecule has 7 heteroatoms. The minimum Gasteiger partial charge on any atom is -0.266 e. The Balaban J connectivity index is 1.84. The van der Waals surface area contributed by atoms with Crippen molar-refractivity contribution >= 4 is 6.21 Å². The van der Waals surface area contributed by atoms with Gasteiger partial charge in [-0.25, -0.2) is 9.36 Å². The molecule has 0 saturated carbocycles. The lowest BCUT2D eigenvalue weighted by molar-refractivity contribution is 0.786. The van der Waals surface area contributed by atoms with Crippen LogP contribution in [-0.4, -0.2) is 25.7 Å². The highest BCUT2D eigenvalue weighted by molar-refractivity contribution is 5.88. The van der Waals surface area contributed by atoms with E-state index in [0.717, 1.165) is 16.8 Å². The number of nitriles is 1. The molecule has 0 radical (unpaired) electrons. The van der Waals surface area contributed by atoms with E-state index in [-0.39, 0.29) is 5.56 Å². The van der Waals surface area contributed by atoms with Gasteiger partial charge in [-0.1, -0.05) is 18.2 Å². The fourth-order valence-corrected chi connectivity index (χ4v) is 3.20. The second-order valence-corrected chi connectivity index (χ2v) is 6.77. The van der Waals surface area contributed by atoms with Crippen LogP contribution in [0.25, 0.3) is 16.9 Å². The molecule has 0 unspecified atom stereocenters. The minimum absolute atomic E-state index is 0.0882. The van der Waals surface area contributed by atoms with Gasteiger partial charge >= 0.3 is 0 Å². The van der Waals surface area contributed by atoms with E-state index in [0.29, 0.717) is 17.0 Å². The van der Waals surface area contributed by atoms with Crippen molar-refractivity contribution in [1.82, 2.24) is 19.4 Å². The van der Waals surface area contributed by atoms with Crippen LogP contribution in [0.5, 0.6) is 0 Å². The molecule has 0 aliphatic carbocycles. The van der Waals surface area contributed by atoms with Crippen LogP contribution in [0, 0.1) is 25.2 Å². The largest absolute Gasteiger partial charge is 0.289 e. The van der Waals surface area contributed by atoms with Crippen LogP contribution < -0.4 is 5.56 Å². The average molecular weight is 394 g/mol. The third-order valence-electron chi connectivity index (χ3n) is 4.68. The highest BCUT2D eigenvalue weighted by Crippen LogP contribution is 2.22. The average Bonchev–Trinajstić information content (AvgIpc) is 3.19. The van der Waals surface area contributed by atoms with Gasteiger partial charge < -0.3 is 0 Å². The summed E-state index contributed by atoms with van der Waals surface area (Å²) in [6.45, 7) is 3.52. The first kappa shape index (κ1) is 19.0. The summed E-state index contributed by atoms with van der Waals surface area (Å²) in [5.41, 5.74) is 4.07. The lowest BCUT2D eigenvalue weighted by Gasteiger charge is -2.06. The summed E-state index contributed by atoms with van der Waals surface area (Å²) in [6, 6.07) is 17.2. The van der Waals surface area contributed by atoms with Gasteiger partial charge in [-0.3, -0.25) is 9.78 Å². The zero-order chi connectivity index (χ0) is 21.1. The summed E-state index contributed by atoms with van der Waals surface area (Å²) >= 11 is 0. The lowest BCUT2D eigenvalue weighted by atomic mass is 10.1. The number of nitrogens with zero attached hydrogens (tertiary/aromatic N) is 6. The number of para-hydroxylation sites is 1. The first-order valence-electron chi connectivity index (χ1n) is 9.31. The zero-order valence-corrected chi connectivity index (χ0v) is 16.5. The number of rotatable bonds is 4. The predicted molar refractivity (Wildman–Crippen MR) is 115 cm³/mol. The number of hydrogen-bond donors (Lipinski definition) is 0. The van der Waals surface area contributed by atoms with Crippen molar-refractivity contribution in [3.05, 3.63) is 99.9 Å². The molecule has 0 amide bonds. The molecule has 4 rings (SSSR count). The third kappa shape index (κ3) is 3.54. The molecular weight excluding hydrogens is 376 g/mol. The van der Waals surface area contributed by atoms with Gasteiger partial charge in [0.15, 0.2) is 0 Å². The van der Waals surface area contributed by atoms with Gasteiger partial charge in [0.1, 0.15) is 17.3 Å². The molecule has 3 aromatic heterocycles. The number of aryl methyl sites for hydroxylation is 2. The van der Waals surface area contributed by atoms with Crippen LogP contribution >= 0.6 is 0 Å². The number of benzene rings is 1.